The van der Waals surface area contributed by atoms with Gasteiger partial charge in [-0.15, -0.1) is 11.3 Å². The normalized spacial score (nSPS) is 12.8. The Kier molecular flexibility index (Phi) is 6.71. The molecule has 0 radical (unpaired) electrons. The van der Waals surface area contributed by atoms with Gasteiger partial charge in [0.2, 0.25) is 0 Å². The van der Waals surface area contributed by atoms with E-state index >= 15 is 0 Å². The van der Waals surface area contributed by atoms with Crippen LogP contribution >= 0.6 is 38.9 Å². The maximum Gasteiger partial charge on any atom is 0.0464 e. The molecule has 0 spiro atoms. The summed E-state index contributed by atoms with van der Waals surface area (Å²) in [5.74, 6) is 0. The number of halogens is 2. The van der Waals surface area contributed by atoms with Crippen molar-refractivity contribution in [1.82, 2.24) is 4.90 Å². The van der Waals surface area contributed by atoms with E-state index in [4.69, 9.17) is 17.3 Å². The number of thiophene rings is 1. The monoisotopic (exact) mass is 386 g/mol. The van der Waals surface area contributed by atoms with E-state index < -0.39 is 0 Å². The zero-order chi connectivity index (χ0) is 15.2. The SMILES string of the molecule is CCN(CCC(N)c1ccc(Br)cc1Cl)Cc1cccs1. The fraction of sp³-hybridized carbons (Fsp3) is 0.375. The maximum absolute atomic E-state index is 6.30. The summed E-state index contributed by atoms with van der Waals surface area (Å²) in [5.41, 5.74) is 7.32. The van der Waals surface area contributed by atoms with Crippen molar-refractivity contribution in [2.24, 2.45) is 5.73 Å². The highest BCUT2D eigenvalue weighted by Crippen LogP contribution is 2.27. The molecule has 0 fully saturated rings. The highest BCUT2D eigenvalue weighted by atomic mass is 79.9. The number of rotatable bonds is 7. The number of nitrogens with two attached hydrogens (primary N) is 1. The lowest BCUT2D eigenvalue weighted by Gasteiger charge is -2.22. The first-order valence-corrected chi connectivity index (χ1v) is 9.10. The van der Waals surface area contributed by atoms with Crippen LogP contribution in [-0.2, 0) is 6.54 Å². The van der Waals surface area contributed by atoms with Gasteiger partial charge in [-0.1, -0.05) is 46.6 Å². The minimum atomic E-state index is -0.0250. The third-order valence-corrected chi connectivity index (χ3v) is 5.21. The van der Waals surface area contributed by atoms with Crippen molar-refractivity contribution in [3.8, 4) is 0 Å². The molecule has 0 aliphatic carbocycles. The molecule has 1 aromatic carbocycles. The quantitative estimate of drug-likeness (QED) is 0.718. The van der Waals surface area contributed by atoms with Crippen molar-refractivity contribution in [2.45, 2.75) is 25.9 Å². The van der Waals surface area contributed by atoms with Crippen molar-refractivity contribution in [3.05, 3.63) is 55.6 Å². The van der Waals surface area contributed by atoms with Crippen molar-refractivity contribution in [1.29, 1.82) is 0 Å². The number of hydrogen-bond donors (Lipinski definition) is 1. The maximum atomic E-state index is 6.30. The highest BCUT2D eigenvalue weighted by Gasteiger charge is 2.13. The summed E-state index contributed by atoms with van der Waals surface area (Å²) < 4.78 is 0.983. The Morgan fingerprint density at radius 1 is 1.38 bits per heavy atom. The van der Waals surface area contributed by atoms with E-state index in [-0.39, 0.29) is 6.04 Å². The summed E-state index contributed by atoms with van der Waals surface area (Å²) in [4.78, 5) is 3.81. The van der Waals surface area contributed by atoms with Crippen LogP contribution in [0, 0.1) is 0 Å². The number of benzene rings is 1. The molecule has 2 nitrogen and oxygen atoms in total. The number of nitrogens with zero attached hydrogens (tertiary/aromatic N) is 1. The average Bonchev–Trinajstić information content (AvgIpc) is 2.96. The Labute approximate surface area is 144 Å². The Bertz CT molecular complexity index is 559. The van der Waals surface area contributed by atoms with Crippen LogP contribution < -0.4 is 5.73 Å². The third-order valence-electron chi connectivity index (χ3n) is 3.53. The van der Waals surface area contributed by atoms with Crippen molar-refractivity contribution in [3.63, 3.8) is 0 Å². The van der Waals surface area contributed by atoms with Crippen LogP contribution in [0.5, 0.6) is 0 Å². The van der Waals surface area contributed by atoms with Gasteiger partial charge in [-0.3, -0.25) is 4.90 Å². The standard InChI is InChI=1S/C16H20BrClN2S/c1-2-20(11-13-4-3-9-21-13)8-7-16(19)14-6-5-12(17)10-15(14)18/h3-6,9-10,16H,2,7-8,11,19H2,1H3. The molecule has 5 heteroatoms. The van der Waals surface area contributed by atoms with E-state index in [1.165, 1.54) is 4.88 Å². The Balaban J connectivity index is 1.91. The lowest BCUT2D eigenvalue weighted by Crippen LogP contribution is -2.26. The van der Waals surface area contributed by atoms with E-state index in [1.807, 2.05) is 18.2 Å². The molecule has 0 aliphatic heterocycles. The van der Waals surface area contributed by atoms with E-state index in [9.17, 15) is 0 Å². The van der Waals surface area contributed by atoms with E-state index in [0.29, 0.717) is 0 Å². The lowest BCUT2D eigenvalue weighted by molar-refractivity contribution is 0.270. The predicted octanol–water partition coefficient (Wildman–Crippen LogP) is 5.08. The summed E-state index contributed by atoms with van der Waals surface area (Å²) in [6.07, 6.45) is 0.903. The molecule has 0 saturated heterocycles. The molecule has 2 aromatic rings. The third kappa shape index (κ3) is 5.08. The summed E-state index contributed by atoms with van der Waals surface area (Å²) in [7, 11) is 0. The average molecular weight is 388 g/mol. The van der Waals surface area contributed by atoms with Crippen LogP contribution in [0.25, 0.3) is 0 Å². The van der Waals surface area contributed by atoms with Gasteiger partial charge in [0.25, 0.3) is 0 Å². The Morgan fingerprint density at radius 3 is 2.81 bits per heavy atom. The van der Waals surface area contributed by atoms with Gasteiger partial charge < -0.3 is 5.73 Å². The molecule has 0 aliphatic rings. The minimum Gasteiger partial charge on any atom is -0.324 e. The zero-order valence-electron chi connectivity index (χ0n) is 12.1. The molecule has 1 unspecified atom stereocenters. The number of hydrogen-bond acceptors (Lipinski definition) is 3. The molecule has 0 bridgehead atoms. The molecule has 1 heterocycles. The van der Waals surface area contributed by atoms with Gasteiger partial charge in [-0.25, -0.2) is 0 Å². The fourth-order valence-electron chi connectivity index (χ4n) is 2.25. The molecule has 1 atom stereocenters. The smallest absolute Gasteiger partial charge is 0.0464 e. The van der Waals surface area contributed by atoms with E-state index in [0.717, 1.165) is 41.1 Å². The van der Waals surface area contributed by atoms with Gasteiger partial charge in [0.15, 0.2) is 0 Å². The summed E-state index contributed by atoms with van der Waals surface area (Å²) >= 11 is 11.5. The first kappa shape index (κ1) is 17.0. The van der Waals surface area contributed by atoms with Gasteiger partial charge in [0.1, 0.15) is 0 Å². The predicted molar refractivity (Wildman–Crippen MR) is 96.0 cm³/mol. The first-order valence-electron chi connectivity index (χ1n) is 7.05. The highest BCUT2D eigenvalue weighted by molar-refractivity contribution is 9.10. The molecular weight excluding hydrogens is 368 g/mol. The van der Waals surface area contributed by atoms with Gasteiger partial charge in [-0.2, -0.15) is 0 Å². The van der Waals surface area contributed by atoms with Gasteiger partial charge in [0, 0.05) is 33.5 Å². The molecule has 0 amide bonds. The molecule has 1 aromatic heterocycles. The van der Waals surface area contributed by atoms with Crippen molar-refractivity contribution in [2.75, 3.05) is 13.1 Å². The summed E-state index contributed by atoms with van der Waals surface area (Å²) in [5, 5.41) is 2.86. The minimum absolute atomic E-state index is 0.0250. The van der Waals surface area contributed by atoms with Crippen molar-refractivity contribution >= 4 is 38.9 Å². The van der Waals surface area contributed by atoms with Crippen LogP contribution in [0.3, 0.4) is 0 Å². The second-order valence-corrected chi connectivity index (χ2v) is 7.36. The second-order valence-electron chi connectivity index (χ2n) is 5.01. The van der Waals surface area contributed by atoms with Gasteiger partial charge in [0.05, 0.1) is 0 Å². The summed E-state index contributed by atoms with van der Waals surface area (Å²) in [6.45, 7) is 5.18. The molecule has 21 heavy (non-hydrogen) atoms. The Morgan fingerprint density at radius 2 is 2.19 bits per heavy atom. The van der Waals surface area contributed by atoms with Crippen molar-refractivity contribution < 1.29 is 0 Å². The van der Waals surface area contributed by atoms with E-state index in [2.05, 4.69) is 45.3 Å². The van der Waals surface area contributed by atoms with Crippen LogP contribution in [0.4, 0.5) is 0 Å². The van der Waals surface area contributed by atoms with Crippen LogP contribution in [0.2, 0.25) is 5.02 Å². The molecule has 2 N–H and O–H groups in total. The molecule has 0 saturated carbocycles. The van der Waals surface area contributed by atoms with Crippen LogP contribution in [0.1, 0.15) is 29.8 Å². The first-order chi connectivity index (χ1) is 10.1. The lowest BCUT2D eigenvalue weighted by atomic mass is 10.0. The molecular formula is C16H20BrClN2S. The zero-order valence-corrected chi connectivity index (χ0v) is 15.2. The topological polar surface area (TPSA) is 29.3 Å². The molecule has 114 valence electrons. The van der Waals surface area contributed by atoms with Gasteiger partial charge >= 0.3 is 0 Å². The van der Waals surface area contributed by atoms with Gasteiger partial charge in [-0.05, 0) is 42.1 Å². The van der Waals surface area contributed by atoms with Crippen LogP contribution in [0.15, 0.2) is 40.2 Å². The fourth-order valence-corrected chi connectivity index (χ4v) is 3.81. The molecule has 2 rings (SSSR count). The Hall–Kier alpha value is -0.390. The second kappa shape index (κ2) is 8.30. The van der Waals surface area contributed by atoms with E-state index in [1.54, 1.807) is 11.3 Å². The van der Waals surface area contributed by atoms with Crippen LogP contribution in [-0.4, -0.2) is 18.0 Å². The largest absolute Gasteiger partial charge is 0.324 e. The summed E-state index contributed by atoms with van der Waals surface area (Å²) in [6, 6.07) is 10.2.